The number of hydrogen-bond donors (Lipinski definition) is 3. The van der Waals surface area contributed by atoms with Crippen molar-refractivity contribution in [2.24, 2.45) is 5.41 Å². The van der Waals surface area contributed by atoms with Crippen LogP contribution in [0.5, 0.6) is 0 Å². The minimum Gasteiger partial charge on any atom is -0.352 e. The molecule has 3 amide bonds. The molecule has 8 nitrogen and oxygen atoms in total. The quantitative estimate of drug-likeness (QED) is 0.599. The van der Waals surface area contributed by atoms with Crippen molar-refractivity contribution in [2.45, 2.75) is 90.4 Å². The van der Waals surface area contributed by atoms with Gasteiger partial charge in [0.1, 0.15) is 12.6 Å². The van der Waals surface area contributed by atoms with Gasteiger partial charge in [-0.05, 0) is 37.2 Å². The Bertz CT molecular complexity index is 1030. The lowest BCUT2D eigenvalue weighted by Gasteiger charge is -2.30. The number of hydrogen-bond acceptors (Lipinski definition) is 4. The third-order valence-electron chi connectivity index (χ3n) is 6.46. The standard InChI is InChI=1S/C25H35N5O3/c1-25(2,3)22(24(33)27-17-13-14-17)28-23(32)21-18-11-7-8-12-19(18)30(29-21)15-20(31)26-16-9-5-4-6-10-16/h7-8,11-12,16-17,22H,4-6,9-10,13-15H2,1-3H3,(H,26,31)(H,27,33)(H,28,32). The fraction of sp³-hybridized carbons (Fsp3) is 0.600. The van der Waals surface area contributed by atoms with Crippen LogP contribution in [-0.4, -0.2) is 45.6 Å². The highest BCUT2D eigenvalue weighted by atomic mass is 16.2. The van der Waals surface area contributed by atoms with Gasteiger partial charge in [-0.15, -0.1) is 0 Å². The van der Waals surface area contributed by atoms with E-state index in [-0.39, 0.29) is 36.1 Å². The van der Waals surface area contributed by atoms with Crippen molar-refractivity contribution < 1.29 is 14.4 Å². The first-order valence-electron chi connectivity index (χ1n) is 12.1. The number of rotatable bonds is 7. The molecule has 8 heteroatoms. The van der Waals surface area contributed by atoms with E-state index in [0.29, 0.717) is 5.39 Å². The second-order valence-electron chi connectivity index (χ2n) is 10.5. The molecule has 0 saturated heterocycles. The molecular weight excluding hydrogens is 418 g/mol. The maximum atomic E-state index is 13.3. The number of benzene rings is 1. The number of fused-ring (bicyclic) bond motifs is 1. The molecule has 0 radical (unpaired) electrons. The molecule has 0 bridgehead atoms. The molecule has 2 saturated carbocycles. The Morgan fingerprint density at radius 2 is 1.67 bits per heavy atom. The maximum Gasteiger partial charge on any atom is 0.273 e. The third-order valence-corrected chi connectivity index (χ3v) is 6.46. The summed E-state index contributed by atoms with van der Waals surface area (Å²) >= 11 is 0. The van der Waals surface area contributed by atoms with Gasteiger partial charge in [0.15, 0.2) is 5.69 Å². The molecule has 2 aliphatic rings. The zero-order valence-corrected chi connectivity index (χ0v) is 19.8. The summed E-state index contributed by atoms with van der Waals surface area (Å²) in [5.74, 6) is -0.684. The van der Waals surface area contributed by atoms with Gasteiger partial charge in [0, 0.05) is 17.5 Å². The first-order chi connectivity index (χ1) is 15.7. The van der Waals surface area contributed by atoms with Crippen LogP contribution < -0.4 is 16.0 Å². The molecule has 1 aromatic carbocycles. The summed E-state index contributed by atoms with van der Waals surface area (Å²) < 4.78 is 1.58. The molecule has 0 aliphatic heterocycles. The topological polar surface area (TPSA) is 105 Å². The number of amides is 3. The lowest BCUT2D eigenvalue weighted by molar-refractivity contribution is -0.125. The van der Waals surface area contributed by atoms with E-state index in [1.54, 1.807) is 4.68 Å². The van der Waals surface area contributed by atoms with Crippen molar-refractivity contribution >= 4 is 28.6 Å². The van der Waals surface area contributed by atoms with Crippen molar-refractivity contribution in [2.75, 3.05) is 0 Å². The highest BCUT2D eigenvalue weighted by molar-refractivity contribution is 6.06. The monoisotopic (exact) mass is 453 g/mol. The second-order valence-corrected chi connectivity index (χ2v) is 10.5. The van der Waals surface area contributed by atoms with E-state index in [4.69, 9.17) is 0 Å². The Morgan fingerprint density at radius 3 is 2.33 bits per heavy atom. The van der Waals surface area contributed by atoms with Crippen molar-refractivity contribution in [3.8, 4) is 0 Å². The number of para-hydroxylation sites is 1. The summed E-state index contributed by atoms with van der Waals surface area (Å²) in [6, 6.07) is 7.12. The van der Waals surface area contributed by atoms with Crippen LogP contribution in [0.1, 0.15) is 76.2 Å². The van der Waals surface area contributed by atoms with Gasteiger partial charge in [0.25, 0.3) is 5.91 Å². The lowest BCUT2D eigenvalue weighted by Crippen LogP contribution is -2.54. The molecule has 0 spiro atoms. The van der Waals surface area contributed by atoms with E-state index in [1.165, 1.54) is 6.42 Å². The fourth-order valence-corrected chi connectivity index (χ4v) is 4.46. The van der Waals surface area contributed by atoms with Gasteiger partial charge >= 0.3 is 0 Å². The summed E-state index contributed by atoms with van der Waals surface area (Å²) in [6.07, 6.45) is 7.49. The number of nitrogens with one attached hydrogen (secondary N) is 3. The number of nitrogens with zero attached hydrogens (tertiary/aromatic N) is 2. The van der Waals surface area contributed by atoms with Gasteiger partial charge in [-0.25, -0.2) is 0 Å². The van der Waals surface area contributed by atoms with Crippen LogP contribution >= 0.6 is 0 Å². The maximum absolute atomic E-state index is 13.3. The molecule has 1 heterocycles. The number of aromatic nitrogens is 2. The molecular formula is C25H35N5O3. The predicted octanol–water partition coefficient (Wildman–Crippen LogP) is 2.91. The van der Waals surface area contributed by atoms with Crippen LogP contribution in [0.4, 0.5) is 0 Å². The van der Waals surface area contributed by atoms with Gasteiger partial charge in [-0.2, -0.15) is 5.10 Å². The second kappa shape index (κ2) is 9.53. The smallest absolute Gasteiger partial charge is 0.273 e. The molecule has 4 rings (SSSR count). The summed E-state index contributed by atoms with van der Waals surface area (Å²) in [5.41, 5.74) is 0.480. The van der Waals surface area contributed by atoms with Gasteiger partial charge in [0.2, 0.25) is 11.8 Å². The van der Waals surface area contributed by atoms with Crippen LogP contribution in [0.2, 0.25) is 0 Å². The normalized spacial score (nSPS) is 18.0. The molecule has 2 aromatic rings. The van der Waals surface area contributed by atoms with E-state index in [9.17, 15) is 14.4 Å². The molecule has 1 unspecified atom stereocenters. The van der Waals surface area contributed by atoms with Crippen molar-refractivity contribution in [1.29, 1.82) is 0 Å². The Hall–Kier alpha value is -2.90. The molecule has 1 atom stereocenters. The molecule has 3 N–H and O–H groups in total. The summed E-state index contributed by atoms with van der Waals surface area (Å²) in [7, 11) is 0. The van der Waals surface area contributed by atoms with Crippen LogP contribution in [0, 0.1) is 5.41 Å². The predicted molar refractivity (Wildman–Crippen MR) is 127 cm³/mol. The van der Waals surface area contributed by atoms with E-state index in [2.05, 4.69) is 21.0 Å². The van der Waals surface area contributed by atoms with E-state index in [1.807, 2.05) is 45.0 Å². The lowest BCUT2D eigenvalue weighted by atomic mass is 9.86. The van der Waals surface area contributed by atoms with Crippen LogP contribution in [0.25, 0.3) is 10.9 Å². The first-order valence-corrected chi connectivity index (χ1v) is 12.1. The minimum atomic E-state index is -0.691. The third kappa shape index (κ3) is 5.72. The van der Waals surface area contributed by atoms with Gasteiger partial charge < -0.3 is 16.0 Å². The molecule has 2 fully saturated rings. The molecule has 2 aliphatic carbocycles. The Kier molecular flexibility index (Phi) is 6.72. The summed E-state index contributed by atoms with van der Waals surface area (Å²) in [5, 5.41) is 14.2. The zero-order chi connectivity index (χ0) is 23.6. The van der Waals surface area contributed by atoms with Gasteiger partial charge in [-0.3, -0.25) is 19.1 Å². The Morgan fingerprint density at radius 1 is 1.00 bits per heavy atom. The zero-order valence-electron chi connectivity index (χ0n) is 19.8. The van der Waals surface area contributed by atoms with Crippen LogP contribution in [-0.2, 0) is 16.1 Å². The SMILES string of the molecule is CC(C)(C)C(NC(=O)c1nn(CC(=O)NC2CCCCC2)c2ccccc12)C(=O)NC1CC1. The average Bonchev–Trinajstić information content (AvgIpc) is 3.51. The molecule has 1 aromatic heterocycles. The van der Waals surface area contributed by atoms with E-state index >= 15 is 0 Å². The molecule has 178 valence electrons. The van der Waals surface area contributed by atoms with Gasteiger partial charge in [0.05, 0.1) is 5.52 Å². The highest BCUT2D eigenvalue weighted by Gasteiger charge is 2.36. The summed E-state index contributed by atoms with van der Waals surface area (Å²) in [6.45, 7) is 5.83. The highest BCUT2D eigenvalue weighted by Crippen LogP contribution is 2.25. The summed E-state index contributed by atoms with van der Waals surface area (Å²) in [4.78, 5) is 38.8. The van der Waals surface area contributed by atoms with Crippen molar-refractivity contribution in [3.63, 3.8) is 0 Å². The van der Waals surface area contributed by atoms with Crippen molar-refractivity contribution in [1.82, 2.24) is 25.7 Å². The fourth-order valence-electron chi connectivity index (χ4n) is 4.46. The van der Waals surface area contributed by atoms with Crippen LogP contribution in [0.15, 0.2) is 24.3 Å². The van der Waals surface area contributed by atoms with Crippen LogP contribution in [0.3, 0.4) is 0 Å². The van der Waals surface area contributed by atoms with E-state index < -0.39 is 17.4 Å². The van der Waals surface area contributed by atoms with Crippen molar-refractivity contribution in [3.05, 3.63) is 30.0 Å². The molecule has 33 heavy (non-hydrogen) atoms. The first kappa shape index (κ1) is 23.3. The van der Waals surface area contributed by atoms with Gasteiger partial charge in [-0.1, -0.05) is 58.2 Å². The number of carbonyl (C=O) groups is 3. The van der Waals surface area contributed by atoms with E-state index in [0.717, 1.165) is 44.0 Å². The minimum absolute atomic E-state index is 0.0508. The number of carbonyl (C=O) groups excluding carboxylic acids is 3. The Labute approximate surface area is 194 Å². The average molecular weight is 454 g/mol. The Balaban J connectivity index is 1.52. The largest absolute Gasteiger partial charge is 0.352 e.